The highest BCUT2D eigenvalue weighted by atomic mass is 16.5. The molecular formula is C14H23N3O. The van der Waals surface area contributed by atoms with Crippen LogP contribution >= 0.6 is 0 Å². The summed E-state index contributed by atoms with van der Waals surface area (Å²) in [6, 6.07) is 6.01. The smallest absolute Gasteiger partial charge is 0.0702 e. The number of rotatable bonds is 7. The van der Waals surface area contributed by atoms with Crippen LogP contribution in [0.3, 0.4) is 0 Å². The number of pyridine rings is 1. The summed E-state index contributed by atoms with van der Waals surface area (Å²) >= 11 is 0. The molecule has 1 saturated heterocycles. The predicted octanol–water partition coefficient (Wildman–Crippen LogP) is 1.28. The number of likely N-dealkylation sites (N-methyl/N-ethyl adjacent to an activating group) is 1. The van der Waals surface area contributed by atoms with Crippen LogP contribution in [-0.4, -0.2) is 49.3 Å². The topological polar surface area (TPSA) is 37.4 Å². The lowest BCUT2D eigenvalue weighted by molar-refractivity contribution is 0.0815. The van der Waals surface area contributed by atoms with Crippen molar-refractivity contribution in [1.29, 1.82) is 0 Å². The summed E-state index contributed by atoms with van der Waals surface area (Å²) in [4.78, 5) is 6.62. The van der Waals surface area contributed by atoms with Gasteiger partial charge in [-0.3, -0.25) is 4.98 Å². The monoisotopic (exact) mass is 249 g/mol. The third-order valence-electron chi connectivity index (χ3n) is 3.24. The highest BCUT2D eigenvalue weighted by Crippen LogP contribution is 2.12. The van der Waals surface area contributed by atoms with Gasteiger partial charge in [0.15, 0.2) is 0 Å². The van der Waals surface area contributed by atoms with Crippen LogP contribution in [0.15, 0.2) is 24.4 Å². The van der Waals surface area contributed by atoms with Crippen molar-refractivity contribution >= 4 is 0 Å². The molecule has 0 bridgehead atoms. The van der Waals surface area contributed by atoms with Crippen LogP contribution in [0.4, 0.5) is 0 Å². The first-order valence-electron chi connectivity index (χ1n) is 6.75. The minimum atomic E-state index is 0.450. The Kier molecular flexibility index (Phi) is 5.58. The van der Waals surface area contributed by atoms with Crippen LogP contribution in [0.5, 0.6) is 0 Å². The second-order valence-electron chi connectivity index (χ2n) is 4.90. The summed E-state index contributed by atoms with van der Waals surface area (Å²) < 4.78 is 5.63. The Morgan fingerprint density at radius 1 is 1.50 bits per heavy atom. The Morgan fingerprint density at radius 3 is 3.17 bits per heavy atom. The second kappa shape index (κ2) is 7.46. The fraction of sp³-hybridized carbons (Fsp3) is 0.643. The predicted molar refractivity (Wildman–Crippen MR) is 72.4 cm³/mol. The Balaban J connectivity index is 1.54. The summed E-state index contributed by atoms with van der Waals surface area (Å²) in [6.45, 7) is 4.86. The highest BCUT2D eigenvalue weighted by molar-refractivity contribution is 5.02. The zero-order chi connectivity index (χ0) is 12.6. The van der Waals surface area contributed by atoms with E-state index < -0.39 is 0 Å². The van der Waals surface area contributed by atoms with E-state index in [1.54, 1.807) is 0 Å². The van der Waals surface area contributed by atoms with E-state index in [2.05, 4.69) is 22.2 Å². The summed E-state index contributed by atoms with van der Waals surface area (Å²) in [5.74, 6) is 0. The number of aromatic nitrogens is 1. The van der Waals surface area contributed by atoms with Crippen molar-refractivity contribution < 1.29 is 4.74 Å². The molecule has 0 radical (unpaired) electrons. The fourth-order valence-corrected chi connectivity index (χ4v) is 2.22. The molecular weight excluding hydrogens is 226 g/mol. The van der Waals surface area contributed by atoms with Crippen LogP contribution in [0.25, 0.3) is 0 Å². The normalized spacial score (nSPS) is 19.6. The lowest BCUT2D eigenvalue weighted by atomic mass is 10.2. The van der Waals surface area contributed by atoms with Crippen molar-refractivity contribution in [3.63, 3.8) is 0 Å². The molecule has 1 aromatic rings. The van der Waals surface area contributed by atoms with E-state index in [-0.39, 0.29) is 0 Å². The Morgan fingerprint density at radius 2 is 2.44 bits per heavy atom. The third-order valence-corrected chi connectivity index (χ3v) is 3.24. The van der Waals surface area contributed by atoms with Gasteiger partial charge in [-0.1, -0.05) is 6.07 Å². The van der Waals surface area contributed by atoms with E-state index in [0.717, 1.165) is 38.5 Å². The first-order valence-corrected chi connectivity index (χ1v) is 6.75. The molecule has 4 heteroatoms. The van der Waals surface area contributed by atoms with Crippen molar-refractivity contribution in [2.75, 3.05) is 33.3 Å². The first-order chi connectivity index (χ1) is 8.84. The average molecular weight is 249 g/mol. The van der Waals surface area contributed by atoms with Crippen LogP contribution in [0.2, 0.25) is 0 Å². The molecule has 18 heavy (non-hydrogen) atoms. The van der Waals surface area contributed by atoms with Crippen LogP contribution < -0.4 is 5.32 Å². The Labute approximate surface area is 109 Å². The number of ether oxygens (including phenoxy) is 1. The van der Waals surface area contributed by atoms with Crippen molar-refractivity contribution in [2.45, 2.75) is 25.5 Å². The summed E-state index contributed by atoms with van der Waals surface area (Å²) in [6.07, 6.45) is 4.72. The SMILES string of the molecule is CN(CCNCc1ccccn1)CC1CCCO1. The summed E-state index contributed by atoms with van der Waals surface area (Å²) in [7, 11) is 2.16. The molecule has 1 N–H and O–H groups in total. The molecule has 1 fully saturated rings. The molecule has 1 atom stereocenters. The Hall–Kier alpha value is -0.970. The van der Waals surface area contributed by atoms with E-state index in [4.69, 9.17) is 4.74 Å². The van der Waals surface area contributed by atoms with Gasteiger partial charge in [-0.15, -0.1) is 0 Å². The molecule has 1 aliphatic rings. The first kappa shape index (κ1) is 13.5. The zero-order valence-corrected chi connectivity index (χ0v) is 11.1. The molecule has 0 aliphatic carbocycles. The summed E-state index contributed by atoms with van der Waals surface area (Å²) in [5.41, 5.74) is 1.10. The van der Waals surface area contributed by atoms with Crippen LogP contribution in [-0.2, 0) is 11.3 Å². The fourth-order valence-electron chi connectivity index (χ4n) is 2.22. The van der Waals surface area contributed by atoms with Crippen LogP contribution in [0.1, 0.15) is 18.5 Å². The maximum Gasteiger partial charge on any atom is 0.0702 e. The van der Waals surface area contributed by atoms with Gasteiger partial charge in [0.1, 0.15) is 0 Å². The van der Waals surface area contributed by atoms with Gasteiger partial charge in [0, 0.05) is 39.0 Å². The van der Waals surface area contributed by atoms with Gasteiger partial charge in [0.05, 0.1) is 11.8 Å². The molecule has 1 aromatic heterocycles. The van der Waals surface area contributed by atoms with E-state index in [1.807, 2.05) is 24.4 Å². The van der Waals surface area contributed by atoms with Crippen molar-refractivity contribution in [1.82, 2.24) is 15.2 Å². The molecule has 100 valence electrons. The molecule has 0 spiro atoms. The van der Waals surface area contributed by atoms with Crippen molar-refractivity contribution in [2.24, 2.45) is 0 Å². The summed E-state index contributed by atoms with van der Waals surface area (Å²) in [5, 5.41) is 3.41. The van der Waals surface area contributed by atoms with Crippen LogP contribution in [0, 0.1) is 0 Å². The lowest BCUT2D eigenvalue weighted by Gasteiger charge is -2.20. The standard InChI is InChI=1S/C14H23N3O/c1-17(12-14-6-4-10-18-14)9-8-15-11-13-5-2-3-7-16-13/h2-3,5,7,14-15H,4,6,8-12H2,1H3. The number of hydrogen-bond donors (Lipinski definition) is 1. The minimum absolute atomic E-state index is 0.450. The molecule has 4 nitrogen and oxygen atoms in total. The zero-order valence-electron chi connectivity index (χ0n) is 11.1. The lowest BCUT2D eigenvalue weighted by Crippen LogP contribution is -2.34. The minimum Gasteiger partial charge on any atom is -0.377 e. The van der Waals surface area contributed by atoms with E-state index in [9.17, 15) is 0 Å². The van der Waals surface area contributed by atoms with Gasteiger partial charge < -0.3 is 15.0 Å². The van der Waals surface area contributed by atoms with E-state index in [1.165, 1.54) is 12.8 Å². The van der Waals surface area contributed by atoms with Gasteiger partial charge >= 0.3 is 0 Å². The van der Waals surface area contributed by atoms with Gasteiger partial charge in [-0.2, -0.15) is 0 Å². The second-order valence-corrected chi connectivity index (χ2v) is 4.90. The quantitative estimate of drug-likeness (QED) is 0.739. The maximum absolute atomic E-state index is 5.63. The van der Waals surface area contributed by atoms with Crippen molar-refractivity contribution in [3.05, 3.63) is 30.1 Å². The van der Waals surface area contributed by atoms with Gasteiger partial charge in [0.2, 0.25) is 0 Å². The molecule has 1 aliphatic heterocycles. The molecule has 0 amide bonds. The molecule has 0 aromatic carbocycles. The van der Waals surface area contributed by atoms with E-state index in [0.29, 0.717) is 6.10 Å². The van der Waals surface area contributed by atoms with E-state index >= 15 is 0 Å². The highest BCUT2D eigenvalue weighted by Gasteiger charge is 2.16. The molecule has 0 saturated carbocycles. The van der Waals surface area contributed by atoms with Crippen molar-refractivity contribution in [3.8, 4) is 0 Å². The van der Waals surface area contributed by atoms with Gasteiger partial charge in [-0.05, 0) is 32.0 Å². The number of nitrogens with zero attached hydrogens (tertiary/aromatic N) is 2. The number of nitrogens with one attached hydrogen (secondary N) is 1. The average Bonchev–Trinajstić information content (AvgIpc) is 2.89. The molecule has 2 heterocycles. The van der Waals surface area contributed by atoms with Gasteiger partial charge in [-0.25, -0.2) is 0 Å². The Bertz CT molecular complexity index is 325. The third kappa shape index (κ3) is 4.72. The molecule has 2 rings (SSSR count). The van der Waals surface area contributed by atoms with Gasteiger partial charge in [0.25, 0.3) is 0 Å². The number of hydrogen-bond acceptors (Lipinski definition) is 4. The maximum atomic E-state index is 5.63. The largest absolute Gasteiger partial charge is 0.377 e. The molecule has 1 unspecified atom stereocenters.